The highest BCUT2D eigenvalue weighted by molar-refractivity contribution is 6.31. The van der Waals surface area contributed by atoms with E-state index in [2.05, 4.69) is 0 Å². The first-order chi connectivity index (χ1) is 9.02. The lowest BCUT2D eigenvalue weighted by Gasteiger charge is -2.06. The number of carbonyl (C=O) groups excluding carboxylic acids is 1. The van der Waals surface area contributed by atoms with Crippen LogP contribution in [0.25, 0.3) is 0 Å². The number of benzene rings is 2. The smallest absolute Gasteiger partial charge is 0.198 e. The topological polar surface area (TPSA) is 26.3 Å². The highest BCUT2D eigenvalue weighted by Crippen LogP contribution is 2.22. The first-order valence-electron chi connectivity index (χ1n) is 5.36. The molecule has 2 aromatic carbocycles. The van der Waals surface area contributed by atoms with Crippen LogP contribution in [0.5, 0.6) is 5.75 Å². The molecular weight excluding hydrogens is 274 g/mol. The number of halogens is 3. The van der Waals surface area contributed by atoms with Crippen LogP contribution < -0.4 is 4.74 Å². The van der Waals surface area contributed by atoms with Crippen molar-refractivity contribution in [1.82, 2.24) is 0 Å². The van der Waals surface area contributed by atoms with Crippen molar-refractivity contribution in [2.45, 2.75) is 0 Å². The largest absolute Gasteiger partial charge is 0.497 e. The van der Waals surface area contributed by atoms with Crippen molar-refractivity contribution in [1.29, 1.82) is 0 Å². The number of hydrogen-bond donors (Lipinski definition) is 0. The monoisotopic (exact) mass is 282 g/mol. The van der Waals surface area contributed by atoms with Crippen LogP contribution in [0.2, 0.25) is 5.02 Å². The van der Waals surface area contributed by atoms with Crippen molar-refractivity contribution in [3.8, 4) is 5.75 Å². The molecular formula is C14H9ClF2O2. The molecule has 0 saturated heterocycles. The van der Waals surface area contributed by atoms with Gasteiger partial charge in [0.25, 0.3) is 0 Å². The van der Waals surface area contributed by atoms with Crippen molar-refractivity contribution < 1.29 is 18.3 Å². The van der Waals surface area contributed by atoms with Crippen LogP contribution in [-0.2, 0) is 0 Å². The minimum absolute atomic E-state index is 0.207. The van der Waals surface area contributed by atoms with E-state index in [1.54, 1.807) is 0 Å². The molecule has 0 spiro atoms. The van der Waals surface area contributed by atoms with Crippen molar-refractivity contribution in [3.63, 3.8) is 0 Å². The average molecular weight is 283 g/mol. The Morgan fingerprint density at radius 3 is 2.42 bits per heavy atom. The minimum Gasteiger partial charge on any atom is -0.497 e. The molecule has 0 N–H and O–H groups in total. The number of methoxy groups -OCH3 is 1. The maximum atomic E-state index is 13.7. The van der Waals surface area contributed by atoms with Gasteiger partial charge in [-0.1, -0.05) is 11.6 Å². The van der Waals surface area contributed by atoms with E-state index < -0.39 is 17.4 Å². The normalized spacial score (nSPS) is 10.3. The van der Waals surface area contributed by atoms with Crippen molar-refractivity contribution in [2.75, 3.05) is 7.11 Å². The SMILES string of the molecule is COc1ccc(C(=O)c2cc(Cl)ccc2F)c(F)c1. The van der Waals surface area contributed by atoms with Gasteiger partial charge in [0.1, 0.15) is 17.4 Å². The van der Waals surface area contributed by atoms with E-state index in [1.807, 2.05) is 0 Å². The summed E-state index contributed by atoms with van der Waals surface area (Å²) in [5.41, 5.74) is -0.501. The predicted octanol–water partition coefficient (Wildman–Crippen LogP) is 3.86. The van der Waals surface area contributed by atoms with Crippen LogP contribution in [0.3, 0.4) is 0 Å². The first-order valence-corrected chi connectivity index (χ1v) is 5.74. The zero-order chi connectivity index (χ0) is 14.0. The molecule has 0 fully saturated rings. The molecule has 0 aliphatic carbocycles. The first kappa shape index (κ1) is 13.5. The molecule has 19 heavy (non-hydrogen) atoms. The summed E-state index contributed by atoms with van der Waals surface area (Å²) in [5.74, 6) is -2.01. The summed E-state index contributed by atoms with van der Waals surface area (Å²) < 4.78 is 32.1. The van der Waals surface area contributed by atoms with Crippen molar-refractivity contribution >= 4 is 17.4 Å². The molecule has 0 atom stereocenters. The highest BCUT2D eigenvalue weighted by atomic mass is 35.5. The number of ketones is 1. The number of hydrogen-bond acceptors (Lipinski definition) is 2. The Labute approximate surface area is 113 Å². The number of ether oxygens (including phenoxy) is 1. The summed E-state index contributed by atoms with van der Waals surface area (Å²) in [6.07, 6.45) is 0. The van der Waals surface area contributed by atoms with Crippen molar-refractivity contribution in [3.05, 3.63) is 64.2 Å². The van der Waals surface area contributed by atoms with Gasteiger partial charge in [0.15, 0.2) is 5.78 Å². The molecule has 0 bridgehead atoms. The predicted molar refractivity (Wildman–Crippen MR) is 67.8 cm³/mol. The molecule has 0 unspecified atom stereocenters. The highest BCUT2D eigenvalue weighted by Gasteiger charge is 2.18. The zero-order valence-corrected chi connectivity index (χ0v) is 10.7. The Bertz CT molecular complexity index is 641. The van der Waals surface area contributed by atoms with Gasteiger partial charge in [0, 0.05) is 11.1 Å². The quantitative estimate of drug-likeness (QED) is 0.799. The van der Waals surface area contributed by atoms with E-state index >= 15 is 0 Å². The Kier molecular flexibility index (Phi) is 3.81. The lowest BCUT2D eigenvalue weighted by molar-refractivity contribution is 0.103. The summed E-state index contributed by atoms with van der Waals surface area (Å²) in [7, 11) is 1.38. The van der Waals surface area contributed by atoms with Crippen LogP contribution in [-0.4, -0.2) is 12.9 Å². The van der Waals surface area contributed by atoms with Crippen LogP contribution in [0.15, 0.2) is 36.4 Å². The molecule has 98 valence electrons. The van der Waals surface area contributed by atoms with Gasteiger partial charge < -0.3 is 4.74 Å². The summed E-state index contributed by atoms with van der Waals surface area (Å²) in [4.78, 5) is 12.1. The van der Waals surface area contributed by atoms with Gasteiger partial charge in [-0.25, -0.2) is 8.78 Å². The van der Waals surface area contributed by atoms with E-state index in [0.29, 0.717) is 0 Å². The third-order valence-corrected chi connectivity index (χ3v) is 2.83. The Morgan fingerprint density at radius 2 is 1.79 bits per heavy atom. The van der Waals surface area contributed by atoms with E-state index in [9.17, 15) is 13.6 Å². The summed E-state index contributed by atoms with van der Waals surface area (Å²) in [5, 5.41) is 0.207. The second-order valence-corrected chi connectivity index (χ2v) is 4.24. The van der Waals surface area contributed by atoms with Gasteiger partial charge in [0.2, 0.25) is 0 Å². The third-order valence-electron chi connectivity index (χ3n) is 2.59. The Balaban J connectivity index is 2.47. The van der Waals surface area contributed by atoms with Gasteiger partial charge in [-0.2, -0.15) is 0 Å². The maximum Gasteiger partial charge on any atom is 0.198 e. The fourth-order valence-electron chi connectivity index (χ4n) is 1.62. The molecule has 2 nitrogen and oxygen atoms in total. The van der Waals surface area contributed by atoms with E-state index in [1.165, 1.54) is 31.4 Å². The van der Waals surface area contributed by atoms with Gasteiger partial charge in [0.05, 0.1) is 18.2 Å². The molecule has 2 aromatic rings. The van der Waals surface area contributed by atoms with Crippen LogP contribution in [0.4, 0.5) is 8.78 Å². The van der Waals surface area contributed by atoms with Gasteiger partial charge in [-0.15, -0.1) is 0 Å². The number of rotatable bonds is 3. The molecule has 5 heteroatoms. The van der Waals surface area contributed by atoms with Crippen LogP contribution in [0.1, 0.15) is 15.9 Å². The van der Waals surface area contributed by atoms with E-state index in [-0.39, 0.29) is 21.9 Å². The second kappa shape index (κ2) is 5.36. The van der Waals surface area contributed by atoms with Gasteiger partial charge in [-0.3, -0.25) is 4.79 Å². The van der Waals surface area contributed by atoms with E-state index in [0.717, 1.165) is 12.1 Å². The molecule has 0 heterocycles. The van der Waals surface area contributed by atoms with Crippen LogP contribution in [0, 0.1) is 11.6 Å². The fourth-order valence-corrected chi connectivity index (χ4v) is 1.80. The van der Waals surface area contributed by atoms with Gasteiger partial charge in [-0.05, 0) is 30.3 Å². The molecule has 0 amide bonds. The zero-order valence-electron chi connectivity index (χ0n) is 9.91. The number of carbonyl (C=O) groups is 1. The van der Waals surface area contributed by atoms with Crippen LogP contribution >= 0.6 is 11.6 Å². The molecule has 0 aliphatic heterocycles. The average Bonchev–Trinajstić information content (AvgIpc) is 2.40. The summed E-state index contributed by atoms with van der Waals surface area (Å²) >= 11 is 5.70. The molecule has 0 aliphatic rings. The molecule has 0 radical (unpaired) electrons. The van der Waals surface area contributed by atoms with E-state index in [4.69, 9.17) is 16.3 Å². The lowest BCUT2D eigenvalue weighted by atomic mass is 10.0. The molecule has 2 rings (SSSR count). The van der Waals surface area contributed by atoms with Gasteiger partial charge >= 0.3 is 0 Å². The Hall–Kier alpha value is -1.94. The second-order valence-electron chi connectivity index (χ2n) is 3.80. The third kappa shape index (κ3) is 2.74. The summed E-state index contributed by atoms with van der Waals surface area (Å²) in [6.45, 7) is 0. The molecule has 0 aromatic heterocycles. The lowest BCUT2D eigenvalue weighted by Crippen LogP contribution is -2.07. The Morgan fingerprint density at radius 1 is 1.05 bits per heavy atom. The standard InChI is InChI=1S/C14H9ClF2O2/c1-19-9-3-4-10(13(17)7-9)14(18)11-6-8(15)2-5-12(11)16/h2-7H,1H3. The maximum absolute atomic E-state index is 13.7. The minimum atomic E-state index is -0.774. The summed E-state index contributed by atoms with van der Waals surface area (Å²) in [6, 6.07) is 7.29. The van der Waals surface area contributed by atoms with Crippen molar-refractivity contribution in [2.24, 2.45) is 0 Å². The fraction of sp³-hybridized carbons (Fsp3) is 0.0714. The molecule has 0 saturated carbocycles.